The first kappa shape index (κ1) is 12.3. The van der Waals surface area contributed by atoms with Crippen molar-refractivity contribution in [3.8, 4) is 0 Å². The summed E-state index contributed by atoms with van der Waals surface area (Å²) in [5.41, 5.74) is 6.81. The monoisotopic (exact) mass is 227 g/mol. The molecule has 1 atom stereocenters. The van der Waals surface area contributed by atoms with Crippen LogP contribution in [0.3, 0.4) is 0 Å². The molecule has 0 radical (unpaired) electrons. The van der Waals surface area contributed by atoms with Crippen molar-refractivity contribution in [2.45, 2.75) is 32.2 Å². The van der Waals surface area contributed by atoms with Crippen molar-refractivity contribution in [1.29, 1.82) is 0 Å². The van der Waals surface area contributed by atoms with Gasteiger partial charge in [-0.05, 0) is 37.9 Å². The zero-order valence-corrected chi connectivity index (χ0v) is 10.0. The van der Waals surface area contributed by atoms with E-state index in [0.29, 0.717) is 16.9 Å². The number of aryl methyl sites for hydroxylation is 1. The lowest BCUT2D eigenvalue weighted by Gasteiger charge is -2.13. The van der Waals surface area contributed by atoms with E-state index in [0.717, 1.165) is 24.8 Å². The van der Waals surface area contributed by atoms with Gasteiger partial charge < -0.3 is 11.1 Å². The van der Waals surface area contributed by atoms with Gasteiger partial charge in [-0.3, -0.25) is 0 Å². The molecule has 0 aliphatic heterocycles. The molecule has 0 saturated heterocycles. The molecule has 1 unspecified atom stereocenters. The van der Waals surface area contributed by atoms with Crippen molar-refractivity contribution in [2.75, 3.05) is 12.8 Å². The third-order valence-electron chi connectivity index (χ3n) is 2.63. The van der Waals surface area contributed by atoms with Gasteiger partial charge in [-0.1, -0.05) is 18.5 Å². The maximum atomic E-state index is 5.87. The average Bonchev–Trinajstić information content (AvgIpc) is 2.24. The van der Waals surface area contributed by atoms with Gasteiger partial charge in [-0.25, -0.2) is 4.98 Å². The van der Waals surface area contributed by atoms with Crippen LogP contribution in [0.2, 0.25) is 5.02 Å². The van der Waals surface area contributed by atoms with E-state index in [9.17, 15) is 0 Å². The largest absolute Gasteiger partial charge is 0.383 e. The summed E-state index contributed by atoms with van der Waals surface area (Å²) in [6.07, 6.45) is 4.66. The Morgan fingerprint density at radius 3 is 2.93 bits per heavy atom. The van der Waals surface area contributed by atoms with Gasteiger partial charge in [0.15, 0.2) is 0 Å². The maximum Gasteiger partial charge on any atom is 0.126 e. The van der Waals surface area contributed by atoms with Gasteiger partial charge in [0.1, 0.15) is 5.82 Å². The van der Waals surface area contributed by atoms with Gasteiger partial charge >= 0.3 is 0 Å². The molecule has 1 aromatic heterocycles. The molecule has 0 aromatic carbocycles. The number of nitrogens with zero attached hydrogens (tertiary/aromatic N) is 1. The Morgan fingerprint density at radius 1 is 1.60 bits per heavy atom. The minimum Gasteiger partial charge on any atom is -0.383 e. The molecule has 1 aromatic rings. The fourth-order valence-electron chi connectivity index (χ4n) is 1.57. The number of nitrogen functional groups attached to an aromatic ring is 1. The fourth-order valence-corrected chi connectivity index (χ4v) is 1.75. The maximum absolute atomic E-state index is 5.87. The second kappa shape index (κ2) is 5.93. The normalized spacial score (nSPS) is 12.7. The zero-order valence-electron chi connectivity index (χ0n) is 9.26. The fraction of sp³-hybridized carbons (Fsp3) is 0.545. The molecule has 0 aliphatic carbocycles. The number of hydrogen-bond acceptors (Lipinski definition) is 3. The summed E-state index contributed by atoms with van der Waals surface area (Å²) in [6.45, 7) is 2.17. The van der Waals surface area contributed by atoms with Crippen molar-refractivity contribution in [1.82, 2.24) is 10.3 Å². The highest BCUT2D eigenvalue weighted by Gasteiger charge is 2.06. The van der Waals surface area contributed by atoms with Crippen molar-refractivity contribution in [3.63, 3.8) is 0 Å². The highest BCUT2D eigenvalue weighted by molar-refractivity contribution is 6.30. The first-order chi connectivity index (χ1) is 7.17. The molecule has 0 saturated carbocycles. The Kier molecular flexibility index (Phi) is 4.85. The van der Waals surface area contributed by atoms with Crippen LogP contribution in [0.5, 0.6) is 0 Å². The van der Waals surface area contributed by atoms with E-state index in [1.54, 1.807) is 6.20 Å². The molecule has 1 rings (SSSR count). The summed E-state index contributed by atoms with van der Waals surface area (Å²) in [5, 5.41) is 3.91. The van der Waals surface area contributed by atoms with Crippen molar-refractivity contribution >= 4 is 17.4 Å². The van der Waals surface area contributed by atoms with E-state index < -0.39 is 0 Å². The number of nitrogens with one attached hydrogen (secondary N) is 1. The van der Waals surface area contributed by atoms with Crippen LogP contribution in [0.4, 0.5) is 5.82 Å². The van der Waals surface area contributed by atoms with E-state index in [-0.39, 0.29) is 0 Å². The van der Waals surface area contributed by atoms with Crippen LogP contribution < -0.4 is 11.1 Å². The summed E-state index contributed by atoms with van der Waals surface area (Å²) in [4.78, 5) is 4.03. The summed E-state index contributed by atoms with van der Waals surface area (Å²) < 4.78 is 0. The molecule has 0 fully saturated rings. The Bertz CT molecular complexity index is 311. The lowest BCUT2D eigenvalue weighted by molar-refractivity contribution is 0.509. The molecular weight excluding hydrogens is 210 g/mol. The van der Waals surface area contributed by atoms with Gasteiger partial charge in [-0.15, -0.1) is 0 Å². The summed E-state index contributed by atoms with van der Waals surface area (Å²) in [6, 6.07) is 2.43. The third-order valence-corrected chi connectivity index (χ3v) is 2.84. The summed E-state index contributed by atoms with van der Waals surface area (Å²) >= 11 is 5.87. The summed E-state index contributed by atoms with van der Waals surface area (Å²) in [7, 11) is 1.98. The molecule has 3 N–H and O–H groups in total. The molecule has 4 heteroatoms. The van der Waals surface area contributed by atoms with Crippen molar-refractivity contribution in [2.24, 2.45) is 0 Å². The molecule has 0 bridgehead atoms. The van der Waals surface area contributed by atoms with Crippen LogP contribution >= 0.6 is 11.6 Å². The first-order valence-electron chi connectivity index (χ1n) is 5.24. The van der Waals surface area contributed by atoms with Crippen LogP contribution in [0.25, 0.3) is 0 Å². The van der Waals surface area contributed by atoms with Crippen LogP contribution in [0, 0.1) is 0 Å². The van der Waals surface area contributed by atoms with Crippen molar-refractivity contribution < 1.29 is 0 Å². The highest BCUT2D eigenvalue weighted by atomic mass is 35.5. The van der Waals surface area contributed by atoms with E-state index in [1.807, 2.05) is 13.1 Å². The minimum absolute atomic E-state index is 0.531. The Labute approximate surface area is 96.0 Å². The molecule has 1 heterocycles. The highest BCUT2D eigenvalue weighted by Crippen LogP contribution is 2.17. The SMILES string of the molecule is CCC(CCc1cc(Cl)cnc1N)NC. The van der Waals surface area contributed by atoms with Crippen molar-refractivity contribution in [3.05, 3.63) is 22.8 Å². The number of aromatic nitrogens is 1. The van der Waals surface area contributed by atoms with Gasteiger partial charge in [0.05, 0.1) is 5.02 Å². The lowest BCUT2D eigenvalue weighted by atomic mass is 10.0. The first-order valence-corrected chi connectivity index (χ1v) is 5.62. The predicted octanol–water partition coefficient (Wildman–Crippen LogP) is 2.25. The Hall–Kier alpha value is -0.800. The van der Waals surface area contributed by atoms with Gasteiger partial charge in [-0.2, -0.15) is 0 Å². The smallest absolute Gasteiger partial charge is 0.126 e. The lowest BCUT2D eigenvalue weighted by Crippen LogP contribution is -2.24. The quantitative estimate of drug-likeness (QED) is 0.811. The minimum atomic E-state index is 0.531. The van der Waals surface area contributed by atoms with E-state index >= 15 is 0 Å². The molecule has 0 amide bonds. The zero-order chi connectivity index (χ0) is 11.3. The Balaban J connectivity index is 2.60. The van der Waals surface area contributed by atoms with Gasteiger partial charge in [0, 0.05) is 12.2 Å². The summed E-state index contributed by atoms with van der Waals surface area (Å²) in [5.74, 6) is 0.588. The average molecular weight is 228 g/mol. The number of rotatable bonds is 5. The molecule has 15 heavy (non-hydrogen) atoms. The predicted molar refractivity (Wildman–Crippen MR) is 65.1 cm³/mol. The topological polar surface area (TPSA) is 50.9 Å². The number of anilines is 1. The van der Waals surface area contributed by atoms with Gasteiger partial charge in [0.2, 0.25) is 0 Å². The number of hydrogen-bond donors (Lipinski definition) is 2. The second-order valence-corrected chi connectivity index (χ2v) is 4.07. The molecule has 0 aliphatic rings. The van der Waals surface area contributed by atoms with E-state index in [2.05, 4.69) is 17.2 Å². The molecule has 3 nitrogen and oxygen atoms in total. The van der Waals surface area contributed by atoms with Crippen LogP contribution in [0.1, 0.15) is 25.3 Å². The molecule has 84 valence electrons. The van der Waals surface area contributed by atoms with Crippen LogP contribution in [-0.4, -0.2) is 18.1 Å². The number of nitrogens with two attached hydrogens (primary N) is 1. The number of pyridine rings is 1. The standard InChI is InChI=1S/C11H18ClN3/c1-3-10(14-2)5-4-8-6-9(12)7-15-11(8)13/h6-7,10,14H,3-5H2,1-2H3,(H2,13,15). The van der Waals surface area contributed by atoms with Crippen LogP contribution in [0.15, 0.2) is 12.3 Å². The molecule has 0 spiro atoms. The Morgan fingerprint density at radius 2 is 2.33 bits per heavy atom. The van der Waals surface area contributed by atoms with E-state index in [4.69, 9.17) is 17.3 Å². The van der Waals surface area contributed by atoms with Crippen LogP contribution in [-0.2, 0) is 6.42 Å². The van der Waals surface area contributed by atoms with Gasteiger partial charge in [0.25, 0.3) is 0 Å². The number of halogens is 1. The molecular formula is C11H18ClN3. The van der Waals surface area contributed by atoms with E-state index in [1.165, 1.54) is 0 Å². The second-order valence-electron chi connectivity index (χ2n) is 3.63. The third kappa shape index (κ3) is 3.68.